The van der Waals surface area contributed by atoms with Crippen LogP contribution in [0.2, 0.25) is 0 Å². The van der Waals surface area contributed by atoms with E-state index in [1.54, 1.807) is 4.57 Å². The smallest absolute Gasteiger partial charge is 0.332 e. The van der Waals surface area contributed by atoms with Gasteiger partial charge in [-0.15, -0.1) is 11.6 Å². The highest BCUT2D eigenvalue weighted by atomic mass is 35.5. The van der Waals surface area contributed by atoms with Gasteiger partial charge < -0.3 is 5.73 Å². The van der Waals surface area contributed by atoms with Crippen molar-refractivity contribution >= 4 is 28.5 Å². The predicted molar refractivity (Wildman–Crippen MR) is 102 cm³/mol. The lowest BCUT2D eigenvalue weighted by atomic mass is 10.1. The van der Waals surface area contributed by atoms with Crippen molar-refractivity contribution in [2.45, 2.75) is 72.0 Å². The number of alkyl halides is 1. The van der Waals surface area contributed by atoms with Crippen LogP contribution in [0.4, 0.5) is 5.82 Å². The number of hydrogen-bond acceptors (Lipinski definition) is 4. The van der Waals surface area contributed by atoms with Gasteiger partial charge in [-0.05, 0) is 12.8 Å². The molecule has 2 rings (SSSR count). The zero-order valence-electron chi connectivity index (χ0n) is 15.1. The molecule has 0 aliphatic heterocycles. The second-order valence-electron chi connectivity index (χ2n) is 6.30. The van der Waals surface area contributed by atoms with E-state index in [9.17, 15) is 9.59 Å². The first kappa shape index (κ1) is 19.6. The number of aryl methyl sites for hydroxylation is 2. The van der Waals surface area contributed by atoms with Crippen LogP contribution in [-0.2, 0) is 19.6 Å². The number of nitrogens with two attached hydrogens (primary N) is 1. The molecule has 8 heteroatoms. The number of hydrogen-bond donors (Lipinski definition) is 1. The number of nitrogens with zero attached hydrogens (tertiary/aromatic N) is 4. The van der Waals surface area contributed by atoms with Crippen LogP contribution in [0.3, 0.4) is 0 Å². The SMILES string of the molecule is CCCCCCCn1c(=O)n(CCC)c(=O)c2c(N)n(CCCl)nc21. The average Bonchev–Trinajstić information content (AvgIpc) is 2.91. The van der Waals surface area contributed by atoms with Gasteiger partial charge in [0.25, 0.3) is 5.56 Å². The zero-order valence-corrected chi connectivity index (χ0v) is 15.9. The Balaban J connectivity index is 2.51. The summed E-state index contributed by atoms with van der Waals surface area (Å²) in [6.07, 6.45) is 6.13. The van der Waals surface area contributed by atoms with E-state index in [2.05, 4.69) is 12.0 Å². The van der Waals surface area contributed by atoms with E-state index in [1.807, 2.05) is 6.92 Å². The summed E-state index contributed by atoms with van der Waals surface area (Å²) in [6, 6.07) is 0. The highest BCUT2D eigenvalue weighted by Gasteiger charge is 2.20. The first-order chi connectivity index (χ1) is 12.1. The maximum Gasteiger partial charge on any atom is 0.332 e. The molecular weight excluding hydrogens is 342 g/mol. The summed E-state index contributed by atoms with van der Waals surface area (Å²) in [6.45, 7) is 5.43. The molecule has 0 amide bonds. The van der Waals surface area contributed by atoms with E-state index >= 15 is 0 Å². The molecule has 0 aromatic carbocycles. The van der Waals surface area contributed by atoms with E-state index in [0.717, 1.165) is 19.3 Å². The van der Waals surface area contributed by atoms with Crippen LogP contribution in [0.25, 0.3) is 11.0 Å². The number of anilines is 1. The Morgan fingerprint density at radius 3 is 2.32 bits per heavy atom. The second-order valence-corrected chi connectivity index (χ2v) is 6.68. The molecule has 0 aliphatic carbocycles. The minimum Gasteiger partial charge on any atom is -0.383 e. The molecule has 140 valence electrons. The lowest BCUT2D eigenvalue weighted by molar-refractivity contribution is 0.521. The number of nitrogen functional groups attached to an aromatic ring is 1. The first-order valence-electron chi connectivity index (χ1n) is 9.12. The van der Waals surface area contributed by atoms with Crippen molar-refractivity contribution in [3.63, 3.8) is 0 Å². The van der Waals surface area contributed by atoms with Crippen molar-refractivity contribution in [2.24, 2.45) is 0 Å². The van der Waals surface area contributed by atoms with E-state index < -0.39 is 0 Å². The Hall–Kier alpha value is -1.76. The van der Waals surface area contributed by atoms with Crippen molar-refractivity contribution in [1.82, 2.24) is 18.9 Å². The fraction of sp³-hybridized carbons (Fsp3) is 0.706. The minimum absolute atomic E-state index is 0.283. The Kier molecular flexibility index (Phi) is 7.11. The lowest BCUT2D eigenvalue weighted by Crippen LogP contribution is -2.40. The zero-order chi connectivity index (χ0) is 18.4. The molecule has 0 spiro atoms. The largest absolute Gasteiger partial charge is 0.383 e. The van der Waals surface area contributed by atoms with Crippen molar-refractivity contribution in [1.29, 1.82) is 0 Å². The Bertz CT molecular complexity index is 821. The Labute approximate surface area is 152 Å². The molecule has 0 radical (unpaired) electrons. The molecule has 0 saturated heterocycles. The fourth-order valence-corrected chi connectivity index (χ4v) is 3.22. The monoisotopic (exact) mass is 369 g/mol. The molecule has 2 aromatic heterocycles. The molecule has 0 aliphatic rings. The summed E-state index contributed by atoms with van der Waals surface area (Å²) in [5.74, 6) is 0.619. The molecule has 2 aromatic rings. The van der Waals surface area contributed by atoms with Crippen molar-refractivity contribution in [3.8, 4) is 0 Å². The molecule has 7 nitrogen and oxygen atoms in total. The standard InChI is InChI=1S/C17H28ClN5O2/c1-3-5-6-7-8-11-21-15-13(14(19)23(20-15)12-9-18)16(24)22(10-4-2)17(21)25/h3-12,19H2,1-2H3. The molecular formula is C17H28ClN5O2. The second kappa shape index (κ2) is 9.08. The molecule has 0 bridgehead atoms. The van der Waals surface area contributed by atoms with E-state index in [-0.39, 0.29) is 17.1 Å². The van der Waals surface area contributed by atoms with E-state index in [1.165, 1.54) is 22.1 Å². The minimum atomic E-state index is -0.359. The number of fused-ring (bicyclic) bond motifs is 1. The third kappa shape index (κ3) is 4.08. The molecule has 25 heavy (non-hydrogen) atoms. The average molecular weight is 370 g/mol. The van der Waals surface area contributed by atoms with Crippen molar-refractivity contribution in [2.75, 3.05) is 11.6 Å². The van der Waals surface area contributed by atoms with Crippen LogP contribution >= 0.6 is 11.6 Å². The van der Waals surface area contributed by atoms with Gasteiger partial charge in [0.1, 0.15) is 11.2 Å². The number of unbranched alkanes of at least 4 members (excludes halogenated alkanes) is 4. The number of aromatic nitrogens is 4. The quantitative estimate of drug-likeness (QED) is 0.515. The van der Waals surface area contributed by atoms with Gasteiger partial charge in [-0.3, -0.25) is 13.9 Å². The van der Waals surface area contributed by atoms with Crippen LogP contribution in [0.15, 0.2) is 9.59 Å². The van der Waals surface area contributed by atoms with Gasteiger partial charge in [-0.1, -0.05) is 39.5 Å². The lowest BCUT2D eigenvalue weighted by Gasteiger charge is -2.10. The van der Waals surface area contributed by atoms with Crippen LogP contribution < -0.4 is 17.0 Å². The van der Waals surface area contributed by atoms with Gasteiger partial charge in [0.2, 0.25) is 0 Å². The highest BCUT2D eigenvalue weighted by Crippen LogP contribution is 2.17. The van der Waals surface area contributed by atoms with Gasteiger partial charge in [-0.25, -0.2) is 9.48 Å². The van der Waals surface area contributed by atoms with Crippen LogP contribution in [0, 0.1) is 0 Å². The summed E-state index contributed by atoms with van der Waals surface area (Å²) < 4.78 is 4.39. The van der Waals surface area contributed by atoms with Crippen LogP contribution in [-0.4, -0.2) is 24.8 Å². The molecule has 0 fully saturated rings. The molecule has 2 heterocycles. The fourth-order valence-electron chi connectivity index (χ4n) is 3.06. The van der Waals surface area contributed by atoms with Gasteiger partial charge in [0.05, 0.1) is 6.54 Å². The van der Waals surface area contributed by atoms with E-state index in [4.69, 9.17) is 17.3 Å². The first-order valence-corrected chi connectivity index (χ1v) is 9.65. The maximum absolute atomic E-state index is 12.8. The Morgan fingerprint density at radius 1 is 0.960 bits per heavy atom. The summed E-state index contributed by atoms with van der Waals surface area (Å²) in [5.41, 5.74) is 5.83. The normalized spacial score (nSPS) is 11.5. The summed E-state index contributed by atoms with van der Waals surface area (Å²) in [4.78, 5) is 25.5. The number of halogens is 1. The van der Waals surface area contributed by atoms with Crippen LogP contribution in [0.5, 0.6) is 0 Å². The van der Waals surface area contributed by atoms with Crippen molar-refractivity contribution < 1.29 is 0 Å². The van der Waals surface area contributed by atoms with Gasteiger partial charge >= 0.3 is 5.69 Å². The highest BCUT2D eigenvalue weighted by molar-refractivity contribution is 6.17. The van der Waals surface area contributed by atoms with Gasteiger partial charge in [0, 0.05) is 19.0 Å². The predicted octanol–water partition coefficient (Wildman–Crippen LogP) is 2.56. The Morgan fingerprint density at radius 2 is 1.68 bits per heavy atom. The van der Waals surface area contributed by atoms with Gasteiger partial charge in [0.15, 0.2) is 5.65 Å². The summed E-state index contributed by atoms with van der Waals surface area (Å²) in [7, 11) is 0. The number of rotatable bonds is 10. The topological polar surface area (TPSA) is 87.8 Å². The third-order valence-corrected chi connectivity index (χ3v) is 4.55. The van der Waals surface area contributed by atoms with Gasteiger partial charge in [-0.2, -0.15) is 5.10 Å². The molecule has 0 unspecified atom stereocenters. The van der Waals surface area contributed by atoms with Crippen molar-refractivity contribution in [3.05, 3.63) is 20.8 Å². The molecule has 0 saturated carbocycles. The molecule has 0 atom stereocenters. The van der Waals surface area contributed by atoms with E-state index in [0.29, 0.717) is 43.0 Å². The maximum atomic E-state index is 12.8. The summed E-state index contributed by atoms with van der Waals surface area (Å²) >= 11 is 5.79. The molecule has 2 N–H and O–H groups in total. The summed E-state index contributed by atoms with van der Waals surface area (Å²) in [5, 5.41) is 4.72. The third-order valence-electron chi connectivity index (χ3n) is 4.38. The van der Waals surface area contributed by atoms with Crippen LogP contribution in [0.1, 0.15) is 52.4 Å².